The van der Waals surface area contributed by atoms with Crippen molar-refractivity contribution in [2.24, 2.45) is 5.92 Å². The number of hydrogen-bond acceptors (Lipinski definition) is 2. The SMILES string of the molecule is CCCCOCCC(C)C(CC)NC. The van der Waals surface area contributed by atoms with Gasteiger partial charge in [-0.3, -0.25) is 0 Å². The number of hydrogen-bond donors (Lipinski definition) is 1. The Morgan fingerprint density at radius 1 is 1.21 bits per heavy atom. The van der Waals surface area contributed by atoms with E-state index >= 15 is 0 Å². The van der Waals surface area contributed by atoms with E-state index in [2.05, 4.69) is 26.1 Å². The highest BCUT2D eigenvalue weighted by atomic mass is 16.5. The van der Waals surface area contributed by atoms with Crippen LogP contribution >= 0.6 is 0 Å². The average Bonchev–Trinajstić information content (AvgIpc) is 2.19. The molecule has 2 nitrogen and oxygen atoms in total. The monoisotopic (exact) mass is 201 g/mol. The van der Waals surface area contributed by atoms with Crippen molar-refractivity contribution in [1.29, 1.82) is 0 Å². The molecule has 2 unspecified atom stereocenters. The highest BCUT2D eigenvalue weighted by Crippen LogP contribution is 2.10. The second-order valence-electron chi connectivity index (χ2n) is 4.04. The summed E-state index contributed by atoms with van der Waals surface area (Å²) in [6.45, 7) is 8.57. The lowest BCUT2D eigenvalue weighted by Gasteiger charge is -2.21. The molecular weight excluding hydrogens is 174 g/mol. The molecule has 1 N–H and O–H groups in total. The standard InChI is InChI=1S/C12H27NO/c1-5-7-9-14-10-8-11(3)12(6-2)13-4/h11-13H,5-10H2,1-4H3. The molecule has 0 rings (SSSR count). The van der Waals surface area contributed by atoms with E-state index in [-0.39, 0.29) is 0 Å². The molecular formula is C12H27NO. The second-order valence-corrected chi connectivity index (χ2v) is 4.04. The van der Waals surface area contributed by atoms with Gasteiger partial charge in [-0.25, -0.2) is 0 Å². The second kappa shape index (κ2) is 9.47. The van der Waals surface area contributed by atoms with Crippen molar-refractivity contribution in [3.63, 3.8) is 0 Å². The first kappa shape index (κ1) is 13.9. The first-order valence-corrected chi connectivity index (χ1v) is 6.01. The van der Waals surface area contributed by atoms with Gasteiger partial charge in [0.15, 0.2) is 0 Å². The molecule has 0 aliphatic carbocycles. The van der Waals surface area contributed by atoms with E-state index in [1.165, 1.54) is 25.7 Å². The molecule has 0 amide bonds. The third-order valence-corrected chi connectivity index (χ3v) is 2.86. The molecule has 0 radical (unpaired) electrons. The maximum atomic E-state index is 5.56. The van der Waals surface area contributed by atoms with Crippen molar-refractivity contribution in [2.75, 3.05) is 20.3 Å². The van der Waals surface area contributed by atoms with Gasteiger partial charge in [-0.2, -0.15) is 0 Å². The quantitative estimate of drug-likeness (QED) is 0.579. The van der Waals surface area contributed by atoms with Gasteiger partial charge in [0.2, 0.25) is 0 Å². The molecule has 0 saturated carbocycles. The maximum Gasteiger partial charge on any atom is 0.0469 e. The van der Waals surface area contributed by atoms with Crippen LogP contribution in [0.2, 0.25) is 0 Å². The highest BCUT2D eigenvalue weighted by Gasteiger charge is 2.12. The summed E-state index contributed by atoms with van der Waals surface area (Å²) < 4.78 is 5.56. The van der Waals surface area contributed by atoms with Gasteiger partial charge in [0, 0.05) is 19.3 Å². The Hall–Kier alpha value is -0.0800. The summed E-state index contributed by atoms with van der Waals surface area (Å²) in [5, 5.41) is 3.35. The topological polar surface area (TPSA) is 21.3 Å². The van der Waals surface area contributed by atoms with Crippen molar-refractivity contribution in [1.82, 2.24) is 5.32 Å². The van der Waals surface area contributed by atoms with Crippen LogP contribution in [0.1, 0.15) is 46.5 Å². The zero-order valence-electron chi connectivity index (χ0n) is 10.3. The van der Waals surface area contributed by atoms with Crippen LogP contribution in [-0.4, -0.2) is 26.3 Å². The van der Waals surface area contributed by atoms with Crippen LogP contribution in [0.5, 0.6) is 0 Å². The molecule has 0 aromatic heterocycles. The van der Waals surface area contributed by atoms with Gasteiger partial charge in [-0.1, -0.05) is 27.2 Å². The minimum absolute atomic E-state index is 0.643. The summed E-state index contributed by atoms with van der Waals surface area (Å²) in [7, 11) is 2.04. The number of ether oxygens (including phenoxy) is 1. The minimum Gasteiger partial charge on any atom is -0.381 e. The number of unbranched alkanes of at least 4 members (excludes halogenated alkanes) is 1. The maximum absolute atomic E-state index is 5.56. The molecule has 0 fully saturated rings. The molecule has 14 heavy (non-hydrogen) atoms. The Morgan fingerprint density at radius 2 is 1.93 bits per heavy atom. The van der Waals surface area contributed by atoms with Gasteiger partial charge in [-0.05, 0) is 32.2 Å². The highest BCUT2D eigenvalue weighted by molar-refractivity contribution is 4.69. The zero-order chi connectivity index (χ0) is 10.8. The average molecular weight is 201 g/mol. The van der Waals surface area contributed by atoms with E-state index < -0.39 is 0 Å². The third-order valence-electron chi connectivity index (χ3n) is 2.86. The van der Waals surface area contributed by atoms with Crippen molar-refractivity contribution >= 4 is 0 Å². The Bertz CT molecular complexity index is 113. The fourth-order valence-corrected chi connectivity index (χ4v) is 1.71. The van der Waals surface area contributed by atoms with E-state index in [4.69, 9.17) is 4.74 Å². The van der Waals surface area contributed by atoms with Crippen molar-refractivity contribution < 1.29 is 4.74 Å². The predicted octanol–water partition coefficient (Wildman–Crippen LogP) is 2.83. The lowest BCUT2D eigenvalue weighted by molar-refractivity contribution is 0.114. The number of nitrogens with one attached hydrogen (secondary N) is 1. The van der Waals surface area contributed by atoms with E-state index in [0.29, 0.717) is 12.0 Å². The summed E-state index contributed by atoms with van der Waals surface area (Å²) in [5.41, 5.74) is 0. The van der Waals surface area contributed by atoms with Crippen LogP contribution in [0.25, 0.3) is 0 Å². The molecule has 0 aromatic rings. The van der Waals surface area contributed by atoms with Crippen LogP contribution in [0.4, 0.5) is 0 Å². The van der Waals surface area contributed by atoms with Crippen molar-refractivity contribution in [3.05, 3.63) is 0 Å². The Balaban J connectivity index is 3.37. The molecule has 0 aromatic carbocycles. The molecule has 0 aliphatic rings. The van der Waals surface area contributed by atoms with Crippen molar-refractivity contribution in [3.8, 4) is 0 Å². The fourth-order valence-electron chi connectivity index (χ4n) is 1.71. The van der Waals surface area contributed by atoms with Gasteiger partial charge in [0.05, 0.1) is 0 Å². The first-order valence-electron chi connectivity index (χ1n) is 6.01. The molecule has 86 valence electrons. The minimum atomic E-state index is 0.643. The van der Waals surface area contributed by atoms with Gasteiger partial charge in [0.1, 0.15) is 0 Å². The van der Waals surface area contributed by atoms with Crippen LogP contribution in [0, 0.1) is 5.92 Å². The lowest BCUT2D eigenvalue weighted by atomic mass is 9.97. The third kappa shape index (κ3) is 6.39. The van der Waals surface area contributed by atoms with Crippen LogP contribution in [0.15, 0.2) is 0 Å². The van der Waals surface area contributed by atoms with E-state index in [1.54, 1.807) is 0 Å². The summed E-state index contributed by atoms with van der Waals surface area (Å²) in [6, 6.07) is 0.643. The van der Waals surface area contributed by atoms with Crippen LogP contribution in [-0.2, 0) is 4.74 Å². The summed E-state index contributed by atoms with van der Waals surface area (Å²) in [5.74, 6) is 0.714. The van der Waals surface area contributed by atoms with E-state index in [9.17, 15) is 0 Å². The molecule has 2 heteroatoms. The summed E-state index contributed by atoms with van der Waals surface area (Å²) in [6.07, 6.45) is 4.79. The molecule has 0 saturated heterocycles. The Morgan fingerprint density at radius 3 is 2.43 bits per heavy atom. The van der Waals surface area contributed by atoms with Crippen LogP contribution in [0.3, 0.4) is 0 Å². The van der Waals surface area contributed by atoms with Gasteiger partial charge < -0.3 is 10.1 Å². The normalized spacial score (nSPS) is 15.4. The first-order chi connectivity index (χ1) is 6.76. The van der Waals surface area contributed by atoms with E-state index in [0.717, 1.165) is 13.2 Å². The molecule has 0 spiro atoms. The zero-order valence-corrected chi connectivity index (χ0v) is 10.3. The molecule has 2 atom stereocenters. The fraction of sp³-hybridized carbons (Fsp3) is 1.00. The van der Waals surface area contributed by atoms with E-state index in [1.807, 2.05) is 7.05 Å². The largest absolute Gasteiger partial charge is 0.381 e. The van der Waals surface area contributed by atoms with Crippen molar-refractivity contribution in [2.45, 2.75) is 52.5 Å². The Kier molecular flexibility index (Phi) is 9.42. The van der Waals surface area contributed by atoms with Gasteiger partial charge >= 0.3 is 0 Å². The van der Waals surface area contributed by atoms with Gasteiger partial charge in [0.25, 0.3) is 0 Å². The smallest absolute Gasteiger partial charge is 0.0469 e. The molecule has 0 bridgehead atoms. The number of rotatable bonds is 9. The lowest BCUT2D eigenvalue weighted by Crippen LogP contribution is -2.31. The summed E-state index contributed by atoms with van der Waals surface area (Å²) in [4.78, 5) is 0. The molecule has 0 heterocycles. The predicted molar refractivity (Wildman–Crippen MR) is 62.6 cm³/mol. The van der Waals surface area contributed by atoms with Gasteiger partial charge in [-0.15, -0.1) is 0 Å². The summed E-state index contributed by atoms with van der Waals surface area (Å²) >= 11 is 0. The molecule has 0 aliphatic heterocycles. The van der Waals surface area contributed by atoms with Crippen LogP contribution < -0.4 is 5.32 Å². The Labute approximate surface area is 89.4 Å².